The van der Waals surface area contributed by atoms with Crippen molar-refractivity contribution in [3.63, 3.8) is 0 Å². The molecule has 6 heteroatoms. The molecule has 1 amide bonds. The van der Waals surface area contributed by atoms with Crippen LogP contribution >= 0.6 is 0 Å². The molecule has 1 N–H and O–H groups in total. The van der Waals surface area contributed by atoms with Crippen LogP contribution in [0, 0.1) is 0 Å². The van der Waals surface area contributed by atoms with Crippen molar-refractivity contribution in [1.82, 2.24) is 20.1 Å². The van der Waals surface area contributed by atoms with E-state index in [0.717, 1.165) is 17.1 Å². The lowest BCUT2D eigenvalue weighted by Gasteiger charge is -2.17. The number of nitrogens with zero attached hydrogens (tertiary/aromatic N) is 3. The predicted octanol–water partition coefficient (Wildman–Crippen LogP) is 1.96. The van der Waals surface area contributed by atoms with E-state index in [-0.39, 0.29) is 17.6 Å². The molecular formula is C15H18N4O2. The van der Waals surface area contributed by atoms with Crippen LogP contribution in [-0.2, 0) is 6.54 Å². The van der Waals surface area contributed by atoms with Gasteiger partial charge in [0.2, 0.25) is 5.82 Å². The molecular weight excluding hydrogens is 268 g/mol. The minimum atomic E-state index is -0.168. The van der Waals surface area contributed by atoms with E-state index in [2.05, 4.69) is 15.2 Å². The second-order valence-corrected chi connectivity index (χ2v) is 5.38. The van der Waals surface area contributed by atoms with E-state index in [1.165, 1.54) is 0 Å². The number of aromatic amines is 1. The normalized spacial score (nSPS) is 14.5. The fourth-order valence-electron chi connectivity index (χ4n) is 2.27. The third-order valence-electron chi connectivity index (χ3n) is 3.48. The molecule has 2 aromatic rings. The average molecular weight is 286 g/mol. The van der Waals surface area contributed by atoms with Crippen LogP contribution in [0.3, 0.4) is 0 Å². The summed E-state index contributed by atoms with van der Waals surface area (Å²) in [5.74, 6) is 1.83. The van der Waals surface area contributed by atoms with Gasteiger partial charge >= 0.3 is 0 Å². The maximum Gasteiger partial charge on any atom is 0.293 e. The Balaban J connectivity index is 1.81. The van der Waals surface area contributed by atoms with Gasteiger partial charge in [0.15, 0.2) is 0 Å². The van der Waals surface area contributed by atoms with Gasteiger partial charge in [-0.3, -0.25) is 9.89 Å². The maximum absolute atomic E-state index is 12.5. The highest BCUT2D eigenvalue weighted by Gasteiger charge is 2.24. The number of aromatic nitrogens is 3. The van der Waals surface area contributed by atoms with Crippen LogP contribution in [0.4, 0.5) is 0 Å². The van der Waals surface area contributed by atoms with Gasteiger partial charge in [0.25, 0.3) is 5.91 Å². The van der Waals surface area contributed by atoms with Crippen LogP contribution in [0.2, 0.25) is 0 Å². The molecule has 0 bridgehead atoms. The Morgan fingerprint density at radius 3 is 2.95 bits per heavy atom. The first-order valence-corrected chi connectivity index (χ1v) is 7.07. The molecule has 110 valence electrons. The molecule has 1 aromatic heterocycles. The first-order valence-electron chi connectivity index (χ1n) is 7.07. The van der Waals surface area contributed by atoms with Gasteiger partial charge in [-0.1, -0.05) is 32.0 Å². The van der Waals surface area contributed by atoms with Crippen molar-refractivity contribution in [2.75, 3.05) is 13.2 Å². The zero-order valence-corrected chi connectivity index (χ0v) is 12.2. The Morgan fingerprint density at radius 1 is 1.38 bits per heavy atom. The fraction of sp³-hybridized carbons (Fsp3) is 0.400. The van der Waals surface area contributed by atoms with E-state index >= 15 is 0 Å². The molecule has 0 fully saturated rings. The van der Waals surface area contributed by atoms with Gasteiger partial charge in [-0.15, -0.1) is 5.10 Å². The van der Waals surface area contributed by atoms with Crippen LogP contribution in [0.25, 0.3) is 0 Å². The van der Waals surface area contributed by atoms with Gasteiger partial charge in [-0.2, -0.15) is 0 Å². The highest BCUT2D eigenvalue weighted by atomic mass is 16.5. The molecule has 21 heavy (non-hydrogen) atoms. The number of hydrogen-bond acceptors (Lipinski definition) is 4. The SMILES string of the molecule is CC(C)c1nc(C(=O)N2CCOc3ccccc3C2)n[nH]1. The van der Waals surface area contributed by atoms with Gasteiger partial charge in [0.05, 0.1) is 6.54 Å². The monoisotopic (exact) mass is 286 g/mol. The van der Waals surface area contributed by atoms with Crippen molar-refractivity contribution < 1.29 is 9.53 Å². The fourth-order valence-corrected chi connectivity index (χ4v) is 2.27. The third kappa shape index (κ3) is 2.74. The summed E-state index contributed by atoms with van der Waals surface area (Å²) in [6.45, 7) is 5.53. The minimum Gasteiger partial charge on any atom is -0.491 e. The van der Waals surface area contributed by atoms with Crippen molar-refractivity contribution in [1.29, 1.82) is 0 Å². The highest BCUT2D eigenvalue weighted by molar-refractivity contribution is 5.90. The Kier molecular flexibility index (Phi) is 3.60. The number of ether oxygens (including phenoxy) is 1. The van der Waals surface area contributed by atoms with Crippen LogP contribution in [0.15, 0.2) is 24.3 Å². The maximum atomic E-state index is 12.5. The molecule has 0 unspecified atom stereocenters. The quantitative estimate of drug-likeness (QED) is 0.916. The second-order valence-electron chi connectivity index (χ2n) is 5.38. The topological polar surface area (TPSA) is 71.1 Å². The van der Waals surface area contributed by atoms with Gasteiger partial charge in [0, 0.05) is 18.0 Å². The third-order valence-corrected chi connectivity index (χ3v) is 3.48. The van der Waals surface area contributed by atoms with Crippen molar-refractivity contribution in [2.45, 2.75) is 26.3 Å². The predicted molar refractivity (Wildman–Crippen MR) is 77.1 cm³/mol. The molecule has 1 aromatic carbocycles. The number of hydrogen-bond donors (Lipinski definition) is 1. The Hall–Kier alpha value is -2.37. The molecule has 0 atom stereocenters. The van der Waals surface area contributed by atoms with Crippen LogP contribution in [-0.4, -0.2) is 39.1 Å². The molecule has 1 aliphatic heterocycles. The van der Waals surface area contributed by atoms with Crippen molar-refractivity contribution >= 4 is 5.91 Å². The zero-order chi connectivity index (χ0) is 14.8. The van der Waals surface area contributed by atoms with Gasteiger partial charge in [-0.05, 0) is 6.07 Å². The standard InChI is InChI=1S/C15H18N4O2/c1-10(2)13-16-14(18-17-13)15(20)19-7-8-21-12-6-4-3-5-11(12)9-19/h3-6,10H,7-9H2,1-2H3,(H,16,17,18). The first-order chi connectivity index (χ1) is 10.1. The molecule has 0 aliphatic carbocycles. The lowest BCUT2D eigenvalue weighted by atomic mass is 10.2. The van der Waals surface area contributed by atoms with E-state index in [1.54, 1.807) is 4.90 Å². The number of amides is 1. The van der Waals surface area contributed by atoms with Crippen molar-refractivity contribution in [2.24, 2.45) is 0 Å². The number of rotatable bonds is 2. The Labute approximate surface area is 123 Å². The van der Waals surface area contributed by atoms with E-state index < -0.39 is 0 Å². The zero-order valence-electron chi connectivity index (χ0n) is 12.2. The van der Waals surface area contributed by atoms with Gasteiger partial charge in [-0.25, -0.2) is 4.98 Å². The Morgan fingerprint density at radius 2 is 2.19 bits per heavy atom. The lowest BCUT2D eigenvalue weighted by Crippen LogP contribution is -2.33. The summed E-state index contributed by atoms with van der Waals surface area (Å²) in [5.41, 5.74) is 1.00. The summed E-state index contributed by atoms with van der Waals surface area (Å²) in [6, 6.07) is 7.77. The number of fused-ring (bicyclic) bond motifs is 1. The van der Waals surface area contributed by atoms with E-state index in [1.807, 2.05) is 38.1 Å². The average Bonchev–Trinajstić information content (AvgIpc) is 2.87. The summed E-state index contributed by atoms with van der Waals surface area (Å²) in [4.78, 5) is 18.5. The molecule has 6 nitrogen and oxygen atoms in total. The van der Waals surface area contributed by atoms with Gasteiger partial charge in [0.1, 0.15) is 18.2 Å². The molecule has 0 saturated carbocycles. The van der Waals surface area contributed by atoms with Crippen LogP contribution in [0.1, 0.15) is 41.8 Å². The van der Waals surface area contributed by atoms with E-state index in [9.17, 15) is 4.79 Å². The van der Waals surface area contributed by atoms with Crippen molar-refractivity contribution in [3.8, 4) is 5.75 Å². The summed E-state index contributed by atoms with van der Waals surface area (Å²) >= 11 is 0. The number of H-pyrrole nitrogens is 1. The molecule has 0 spiro atoms. The smallest absolute Gasteiger partial charge is 0.293 e. The van der Waals surface area contributed by atoms with Crippen LogP contribution in [0.5, 0.6) is 5.75 Å². The van der Waals surface area contributed by atoms with E-state index in [0.29, 0.717) is 19.7 Å². The van der Waals surface area contributed by atoms with E-state index in [4.69, 9.17) is 4.74 Å². The number of carbonyl (C=O) groups excluding carboxylic acids is 1. The summed E-state index contributed by atoms with van der Waals surface area (Å²) < 4.78 is 5.67. The minimum absolute atomic E-state index is 0.168. The number of benzene rings is 1. The molecule has 2 heterocycles. The molecule has 0 saturated heterocycles. The summed E-state index contributed by atoms with van der Waals surface area (Å²) in [6.07, 6.45) is 0. The molecule has 1 aliphatic rings. The number of nitrogens with one attached hydrogen (secondary N) is 1. The van der Waals surface area contributed by atoms with Gasteiger partial charge < -0.3 is 9.64 Å². The number of para-hydroxylation sites is 1. The number of carbonyl (C=O) groups is 1. The largest absolute Gasteiger partial charge is 0.491 e. The Bertz CT molecular complexity index is 651. The summed E-state index contributed by atoms with van der Waals surface area (Å²) in [7, 11) is 0. The molecule has 0 radical (unpaired) electrons. The second kappa shape index (κ2) is 5.55. The summed E-state index contributed by atoms with van der Waals surface area (Å²) in [5, 5.41) is 6.85. The van der Waals surface area contributed by atoms with Crippen molar-refractivity contribution in [3.05, 3.63) is 41.5 Å². The molecule has 3 rings (SSSR count). The lowest BCUT2D eigenvalue weighted by molar-refractivity contribution is 0.0721. The van der Waals surface area contributed by atoms with Crippen LogP contribution < -0.4 is 4.74 Å². The highest BCUT2D eigenvalue weighted by Crippen LogP contribution is 2.23. The first kappa shape index (κ1) is 13.6.